The van der Waals surface area contributed by atoms with Crippen LogP contribution in [0.4, 0.5) is 0 Å². The van der Waals surface area contributed by atoms with Gasteiger partial charge in [-0.3, -0.25) is 0 Å². The summed E-state index contributed by atoms with van der Waals surface area (Å²) in [5.41, 5.74) is 3.78. The molecule has 3 rings (SSSR count). The van der Waals surface area contributed by atoms with Gasteiger partial charge in [-0.05, 0) is 55.4 Å². The van der Waals surface area contributed by atoms with Gasteiger partial charge in [0.15, 0.2) is 4.77 Å². The van der Waals surface area contributed by atoms with E-state index in [0.29, 0.717) is 0 Å². The van der Waals surface area contributed by atoms with Crippen LogP contribution in [0, 0.1) is 23.5 Å². The van der Waals surface area contributed by atoms with Crippen molar-refractivity contribution in [2.75, 3.05) is 0 Å². The predicted octanol–water partition coefficient (Wildman–Crippen LogP) is 4.44. The van der Waals surface area contributed by atoms with Crippen molar-refractivity contribution in [3.63, 3.8) is 0 Å². The third-order valence-corrected chi connectivity index (χ3v) is 4.56. The Kier molecular flexibility index (Phi) is 3.02. The van der Waals surface area contributed by atoms with Gasteiger partial charge in [0.2, 0.25) is 0 Å². The van der Waals surface area contributed by atoms with Crippen LogP contribution in [0.25, 0.3) is 11.0 Å². The fraction of sp³-hybridized carbons (Fsp3) is 0.533. The lowest BCUT2D eigenvalue weighted by atomic mass is 10.1. The first kappa shape index (κ1) is 12.0. The van der Waals surface area contributed by atoms with E-state index >= 15 is 0 Å². The Labute approximate surface area is 113 Å². The van der Waals surface area contributed by atoms with Gasteiger partial charge in [0.05, 0.1) is 11.0 Å². The van der Waals surface area contributed by atoms with Crippen molar-refractivity contribution in [2.24, 2.45) is 11.8 Å². The van der Waals surface area contributed by atoms with Gasteiger partial charge in [-0.15, -0.1) is 0 Å². The van der Waals surface area contributed by atoms with Gasteiger partial charge in [-0.1, -0.05) is 25.5 Å². The summed E-state index contributed by atoms with van der Waals surface area (Å²) in [6.45, 7) is 5.60. The number of hydrogen-bond acceptors (Lipinski definition) is 1. The van der Waals surface area contributed by atoms with E-state index in [4.69, 9.17) is 12.2 Å². The van der Waals surface area contributed by atoms with Crippen molar-refractivity contribution in [1.29, 1.82) is 0 Å². The minimum Gasteiger partial charge on any atom is -0.331 e. The zero-order chi connectivity index (χ0) is 12.7. The maximum absolute atomic E-state index is 5.48. The highest BCUT2D eigenvalue weighted by Gasteiger charge is 2.22. The van der Waals surface area contributed by atoms with Gasteiger partial charge in [0.1, 0.15) is 0 Å². The molecule has 2 unspecified atom stereocenters. The first-order valence-electron chi connectivity index (χ1n) is 6.83. The molecule has 1 fully saturated rings. The molecule has 1 aliphatic rings. The summed E-state index contributed by atoms with van der Waals surface area (Å²) in [5, 5.41) is 0. The third-order valence-electron chi connectivity index (χ3n) is 4.24. The number of aromatic amines is 1. The fourth-order valence-corrected chi connectivity index (χ4v) is 3.60. The van der Waals surface area contributed by atoms with Crippen LogP contribution in [0.2, 0.25) is 0 Å². The molecule has 1 heterocycles. The molecule has 0 bridgehead atoms. The van der Waals surface area contributed by atoms with E-state index in [-0.39, 0.29) is 0 Å². The van der Waals surface area contributed by atoms with E-state index in [1.54, 1.807) is 0 Å². The number of para-hydroxylation sites is 1. The molecule has 1 N–H and O–H groups in total. The molecule has 18 heavy (non-hydrogen) atoms. The monoisotopic (exact) mass is 260 g/mol. The molecule has 1 aromatic heterocycles. The van der Waals surface area contributed by atoms with Crippen LogP contribution in [0.1, 0.15) is 31.7 Å². The average molecular weight is 260 g/mol. The maximum Gasteiger partial charge on any atom is 0.178 e. The van der Waals surface area contributed by atoms with Gasteiger partial charge < -0.3 is 9.55 Å². The Morgan fingerprint density at radius 3 is 2.94 bits per heavy atom. The third kappa shape index (κ3) is 2.01. The van der Waals surface area contributed by atoms with E-state index < -0.39 is 0 Å². The number of nitrogens with one attached hydrogen (secondary N) is 1. The van der Waals surface area contributed by atoms with Crippen LogP contribution in [0.15, 0.2) is 18.2 Å². The average Bonchev–Trinajstić information content (AvgIpc) is 2.85. The van der Waals surface area contributed by atoms with E-state index in [2.05, 4.69) is 41.6 Å². The number of hydrogen-bond donors (Lipinski definition) is 1. The number of rotatable bonds is 2. The summed E-state index contributed by atoms with van der Waals surface area (Å²) in [6.07, 6.45) is 4.07. The molecule has 0 saturated heterocycles. The molecule has 2 atom stereocenters. The van der Waals surface area contributed by atoms with Crippen LogP contribution in [0.5, 0.6) is 0 Å². The second-order valence-electron chi connectivity index (χ2n) is 5.80. The highest BCUT2D eigenvalue weighted by molar-refractivity contribution is 7.71. The fourth-order valence-electron chi connectivity index (χ4n) is 3.33. The van der Waals surface area contributed by atoms with Gasteiger partial charge in [0.25, 0.3) is 0 Å². The van der Waals surface area contributed by atoms with Crippen LogP contribution in [-0.2, 0) is 6.54 Å². The van der Waals surface area contributed by atoms with E-state index in [1.165, 1.54) is 35.9 Å². The summed E-state index contributed by atoms with van der Waals surface area (Å²) >= 11 is 5.48. The van der Waals surface area contributed by atoms with Crippen LogP contribution in [-0.4, -0.2) is 9.55 Å². The predicted molar refractivity (Wildman–Crippen MR) is 78.4 cm³/mol. The molecule has 96 valence electrons. The number of fused-ring (bicyclic) bond motifs is 1. The Bertz CT molecular complexity index is 623. The summed E-state index contributed by atoms with van der Waals surface area (Å²) in [7, 11) is 0. The van der Waals surface area contributed by atoms with Crippen molar-refractivity contribution in [1.82, 2.24) is 9.55 Å². The highest BCUT2D eigenvalue weighted by Crippen LogP contribution is 2.32. The minimum absolute atomic E-state index is 0.797. The molecule has 0 radical (unpaired) electrons. The second-order valence-corrected chi connectivity index (χ2v) is 6.18. The maximum atomic E-state index is 5.48. The van der Waals surface area contributed by atoms with Crippen molar-refractivity contribution in [2.45, 2.75) is 39.7 Å². The molecule has 1 saturated carbocycles. The minimum atomic E-state index is 0.797. The highest BCUT2D eigenvalue weighted by atomic mass is 32.1. The molecule has 3 heteroatoms. The van der Waals surface area contributed by atoms with Crippen molar-refractivity contribution in [3.8, 4) is 0 Å². The molecule has 2 aromatic rings. The van der Waals surface area contributed by atoms with Gasteiger partial charge >= 0.3 is 0 Å². The largest absolute Gasteiger partial charge is 0.331 e. The lowest BCUT2D eigenvalue weighted by Gasteiger charge is -2.12. The molecular formula is C15H20N2S. The molecular weight excluding hydrogens is 240 g/mol. The normalized spacial score (nSPS) is 23.9. The second kappa shape index (κ2) is 4.54. The topological polar surface area (TPSA) is 20.7 Å². The van der Waals surface area contributed by atoms with E-state index in [1.807, 2.05) is 0 Å². The number of imidazole rings is 1. The lowest BCUT2D eigenvalue weighted by molar-refractivity contribution is 0.444. The first-order chi connectivity index (χ1) is 8.65. The van der Waals surface area contributed by atoms with Crippen LogP contribution < -0.4 is 0 Å². The number of benzene rings is 1. The quantitative estimate of drug-likeness (QED) is 0.791. The summed E-state index contributed by atoms with van der Waals surface area (Å²) < 4.78 is 3.18. The Balaban J connectivity index is 2.01. The van der Waals surface area contributed by atoms with Gasteiger partial charge in [0, 0.05) is 6.54 Å². The first-order valence-corrected chi connectivity index (χ1v) is 7.24. The summed E-state index contributed by atoms with van der Waals surface area (Å²) in [6, 6.07) is 6.37. The number of H-pyrrole nitrogens is 1. The molecule has 0 amide bonds. The number of aromatic nitrogens is 2. The number of aryl methyl sites for hydroxylation is 1. The molecule has 0 aliphatic heterocycles. The standard InChI is InChI=1S/C15H20N2S/c1-10-6-7-12(8-10)9-17-14-11(2)4-3-5-13(14)16-15(17)18/h3-5,10,12H,6-9H2,1-2H3,(H,16,18). The molecule has 0 spiro atoms. The smallest absolute Gasteiger partial charge is 0.178 e. The van der Waals surface area contributed by atoms with Crippen molar-refractivity contribution >= 4 is 23.3 Å². The number of nitrogens with zero attached hydrogens (tertiary/aromatic N) is 1. The van der Waals surface area contributed by atoms with Crippen molar-refractivity contribution in [3.05, 3.63) is 28.5 Å². The SMILES string of the molecule is Cc1cccc2[nH]c(=S)n(CC3CCC(C)C3)c12. The van der Waals surface area contributed by atoms with E-state index in [0.717, 1.165) is 23.2 Å². The van der Waals surface area contributed by atoms with Gasteiger partial charge in [-0.25, -0.2) is 0 Å². The van der Waals surface area contributed by atoms with Crippen LogP contribution >= 0.6 is 12.2 Å². The van der Waals surface area contributed by atoms with E-state index in [9.17, 15) is 0 Å². The van der Waals surface area contributed by atoms with Crippen LogP contribution in [0.3, 0.4) is 0 Å². The molecule has 2 nitrogen and oxygen atoms in total. The molecule has 1 aromatic carbocycles. The summed E-state index contributed by atoms with van der Waals surface area (Å²) in [5.74, 6) is 1.68. The lowest BCUT2D eigenvalue weighted by Crippen LogP contribution is -2.08. The Morgan fingerprint density at radius 2 is 2.22 bits per heavy atom. The Hall–Kier alpha value is -1.09. The zero-order valence-corrected chi connectivity index (χ0v) is 11.9. The summed E-state index contributed by atoms with van der Waals surface area (Å²) in [4.78, 5) is 3.33. The van der Waals surface area contributed by atoms with Gasteiger partial charge in [-0.2, -0.15) is 0 Å². The Morgan fingerprint density at radius 1 is 1.39 bits per heavy atom. The van der Waals surface area contributed by atoms with Crippen molar-refractivity contribution < 1.29 is 0 Å². The molecule has 1 aliphatic carbocycles. The zero-order valence-electron chi connectivity index (χ0n) is 11.1.